The second kappa shape index (κ2) is 14.3. The van der Waals surface area contributed by atoms with Crippen molar-refractivity contribution in [3.8, 4) is 22.5 Å². The predicted octanol–water partition coefficient (Wildman–Crippen LogP) is 8.33. The predicted molar refractivity (Wildman–Crippen MR) is 142 cm³/mol. The maximum absolute atomic E-state index is 5.89. The standard InChI is InChI=1S/C15H13N3.C12H9Cl.C2H6/c1-3-8-12(4-2)14-16-11-17-15(18-14)13-9-6-5-7-10-13;13-12-8-4-7-11(9-12)10-5-2-1-3-6-10;1-2/h3-11H,1-2H2;1-9H;1-2H3/b12-8+;;. The molecule has 0 spiro atoms. The molecular weight excluding hydrogens is 426 g/mol. The van der Waals surface area contributed by atoms with Crippen LogP contribution in [0.15, 0.2) is 123 Å². The molecule has 0 fully saturated rings. The summed E-state index contributed by atoms with van der Waals surface area (Å²) in [7, 11) is 0. The highest BCUT2D eigenvalue weighted by atomic mass is 35.5. The number of hydrogen-bond donors (Lipinski definition) is 0. The Labute approximate surface area is 201 Å². The van der Waals surface area contributed by atoms with Gasteiger partial charge >= 0.3 is 0 Å². The van der Waals surface area contributed by atoms with Crippen LogP contribution in [-0.4, -0.2) is 15.0 Å². The van der Waals surface area contributed by atoms with E-state index in [1.54, 1.807) is 12.2 Å². The van der Waals surface area contributed by atoms with Crippen molar-refractivity contribution < 1.29 is 0 Å². The third-order valence-corrected chi connectivity index (χ3v) is 4.55. The zero-order chi connectivity index (χ0) is 23.9. The molecule has 0 radical (unpaired) electrons. The van der Waals surface area contributed by atoms with E-state index in [2.05, 4.69) is 46.3 Å². The molecule has 3 aromatic carbocycles. The van der Waals surface area contributed by atoms with Gasteiger partial charge in [-0.15, -0.1) is 0 Å². The van der Waals surface area contributed by atoms with Gasteiger partial charge in [-0.05, 0) is 23.3 Å². The Morgan fingerprint density at radius 1 is 0.758 bits per heavy atom. The van der Waals surface area contributed by atoms with Crippen LogP contribution < -0.4 is 0 Å². The minimum absolute atomic E-state index is 0.596. The lowest BCUT2D eigenvalue weighted by Gasteiger charge is -2.03. The molecule has 1 heterocycles. The van der Waals surface area contributed by atoms with Gasteiger partial charge in [0.25, 0.3) is 0 Å². The lowest BCUT2D eigenvalue weighted by atomic mass is 10.1. The number of allylic oxidation sites excluding steroid dienone is 4. The number of nitrogens with zero attached hydrogens (tertiary/aromatic N) is 3. The Kier molecular flexibility index (Phi) is 11.0. The van der Waals surface area contributed by atoms with E-state index in [4.69, 9.17) is 11.6 Å². The van der Waals surface area contributed by atoms with Crippen LogP contribution in [0.2, 0.25) is 5.02 Å². The van der Waals surface area contributed by atoms with Crippen LogP contribution in [0, 0.1) is 0 Å². The molecule has 0 aliphatic carbocycles. The molecule has 0 atom stereocenters. The number of halogens is 1. The summed E-state index contributed by atoms with van der Waals surface area (Å²) in [4.78, 5) is 12.7. The maximum Gasteiger partial charge on any atom is 0.163 e. The first-order chi connectivity index (χ1) is 16.2. The summed E-state index contributed by atoms with van der Waals surface area (Å²) in [6.45, 7) is 11.4. The monoisotopic (exact) mass is 453 g/mol. The number of aromatic nitrogens is 3. The maximum atomic E-state index is 5.89. The number of hydrogen-bond acceptors (Lipinski definition) is 3. The van der Waals surface area contributed by atoms with Crippen LogP contribution in [0.4, 0.5) is 0 Å². The highest BCUT2D eigenvalue weighted by Crippen LogP contribution is 2.22. The average molecular weight is 454 g/mol. The van der Waals surface area contributed by atoms with E-state index in [0.717, 1.165) is 21.7 Å². The summed E-state index contributed by atoms with van der Waals surface area (Å²) in [5.41, 5.74) is 4.14. The van der Waals surface area contributed by atoms with Crippen molar-refractivity contribution in [3.05, 3.63) is 133 Å². The van der Waals surface area contributed by atoms with E-state index in [9.17, 15) is 0 Å². The van der Waals surface area contributed by atoms with Gasteiger partial charge in [0.2, 0.25) is 0 Å². The van der Waals surface area contributed by atoms with Crippen LogP contribution in [0.25, 0.3) is 28.1 Å². The van der Waals surface area contributed by atoms with Crippen LogP contribution in [0.1, 0.15) is 19.7 Å². The van der Waals surface area contributed by atoms with Crippen molar-refractivity contribution >= 4 is 17.2 Å². The summed E-state index contributed by atoms with van der Waals surface area (Å²) in [6, 6.07) is 27.9. The van der Waals surface area contributed by atoms with Crippen molar-refractivity contribution in [2.24, 2.45) is 0 Å². The molecule has 4 heteroatoms. The fourth-order valence-corrected chi connectivity index (χ4v) is 3.01. The Hall–Kier alpha value is -3.82. The summed E-state index contributed by atoms with van der Waals surface area (Å²) >= 11 is 5.89. The normalized spacial score (nSPS) is 10.1. The van der Waals surface area contributed by atoms with Crippen molar-refractivity contribution in [2.45, 2.75) is 13.8 Å². The van der Waals surface area contributed by atoms with Crippen LogP contribution in [-0.2, 0) is 0 Å². The first kappa shape index (κ1) is 25.4. The van der Waals surface area contributed by atoms with Crippen molar-refractivity contribution in [1.82, 2.24) is 15.0 Å². The summed E-state index contributed by atoms with van der Waals surface area (Å²) in [5.74, 6) is 1.25. The Morgan fingerprint density at radius 3 is 1.94 bits per heavy atom. The molecule has 4 rings (SSSR count). The highest BCUT2D eigenvalue weighted by molar-refractivity contribution is 6.30. The fourth-order valence-electron chi connectivity index (χ4n) is 2.82. The summed E-state index contributed by atoms with van der Waals surface area (Å²) in [5, 5.41) is 0.779. The lowest BCUT2D eigenvalue weighted by molar-refractivity contribution is 1.03. The smallest absolute Gasteiger partial charge is 0.163 e. The summed E-state index contributed by atoms with van der Waals surface area (Å²) in [6.07, 6.45) is 6.71. The van der Waals surface area contributed by atoms with E-state index < -0.39 is 0 Å². The molecule has 0 aliphatic heterocycles. The van der Waals surface area contributed by atoms with Crippen molar-refractivity contribution in [1.29, 1.82) is 0 Å². The van der Waals surface area contributed by atoms with Gasteiger partial charge in [0.15, 0.2) is 11.6 Å². The van der Waals surface area contributed by atoms with Gasteiger partial charge in [0.1, 0.15) is 6.33 Å². The van der Waals surface area contributed by atoms with Gasteiger partial charge in [-0.3, -0.25) is 0 Å². The molecule has 0 amide bonds. The van der Waals surface area contributed by atoms with E-state index in [0.29, 0.717) is 11.6 Å². The highest BCUT2D eigenvalue weighted by Gasteiger charge is 2.05. The third kappa shape index (κ3) is 7.99. The van der Waals surface area contributed by atoms with E-state index in [1.165, 1.54) is 11.9 Å². The molecule has 3 nitrogen and oxygen atoms in total. The van der Waals surface area contributed by atoms with Gasteiger partial charge in [-0.25, -0.2) is 15.0 Å². The molecule has 166 valence electrons. The fraction of sp³-hybridized carbons (Fsp3) is 0.0690. The average Bonchev–Trinajstić information content (AvgIpc) is 2.90. The zero-order valence-corrected chi connectivity index (χ0v) is 19.8. The van der Waals surface area contributed by atoms with Gasteiger partial charge in [-0.2, -0.15) is 0 Å². The number of benzene rings is 3. The van der Waals surface area contributed by atoms with Crippen LogP contribution in [0.5, 0.6) is 0 Å². The van der Waals surface area contributed by atoms with Gasteiger partial charge in [-0.1, -0.05) is 130 Å². The van der Waals surface area contributed by atoms with E-state index in [1.807, 2.05) is 86.7 Å². The summed E-state index contributed by atoms with van der Waals surface area (Å²) < 4.78 is 0. The molecule has 33 heavy (non-hydrogen) atoms. The molecule has 0 aliphatic rings. The van der Waals surface area contributed by atoms with E-state index >= 15 is 0 Å². The van der Waals surface area contributed by atoms with Gasteiger partial charge < -0.3 is 0 Å². The van der Waals surface area contributed by atoms with Crippen LogP contribution in [0.3, 0.4) is 0 Å². The molecular formula is C29H28ClN3. The molecule has 0 N–H and O–H groups in total. The quantitative estimate of drug-likeness (QED) is 0.285. The third-order valence-electron chi connectivity index (χ3n) is 4.31. The second-order valence-electron chi connectivity index (χ2n) is 6.44. The minimum Gasteiger partial charge on any atom is -0.217 e. The first-order valence-electron chi connectivity index (χ1n) is 10.7. The molecule has 0 saturated heterocycles. The van der Waals surface area contributed by atoms with Gasteiger partial charge in [0, 0.05) is 16.2 Å². The Morgan fingerprint density at radius 2 is 1.36 bits per heavy atom. The van der Waals surface area contributed by atoms with Crippen LogP contribution >= 0.6 is 11.6 Å². The zero-order valence-electron chi connectivity index (χ0n) is 19.0. The molecule has 0 saturated carbocycles. The Bertz CT molecular complexity index is 1170. The minimum atomic E-state index is 0.596. The second-order valence-corrected chi connectivity index (χ2v) is 6.87. The molecule has 1 aromatic heterocycles. The largest absolute Gasteiger partial charge is 0.217 e. The molecule has 0 bridgehead atoms. The molecule has 4 aromatic rings. The first-order valence-corrected chi connectivity index (χ1v) is 11.1. The number of rotatable bonds is 5. The van der Waals surface area contributed by atoms with E-state index in [-0.39, 0.29) is 0 Å². The van der Waals surface area contributed by atoms with Crippen molar-refractivity contribution in [2.75, 3.05) is 0 Å². The Balaban J connectivity index is 0.000000227. The SMILES string of the molecule is C=C/C=C(\C=C)c1ncnc(-c2ccccc2)n1.CC.Clc1cccc(-c2ccccc2)c1. The van der Waals surface area contributed by atoms with Gasteiger partial charge in [0.05, 0.1) is 0 Å². The topological polar surface area (TPSA) is 38.7 Å². The lowest BCUT2D eigenvalue weighted by Crippen LogP contribution is -1.97. The van der Waals surface area contributed by atoms with Crippen molar-refractivity contribution in [3.63, 3.8) is 0 Å². The molecule has 0 unspecified atom stereocenters.